The molecule has 0 bridgehead atoms. The molecule has 1 amide bonds. The molecule has 4 aromatic rings. The fourth-order valence-electron chi connectivity index (χ4n) is 2.88. The summed E-state index contributed by atoms with van der Waals surface area (Å²) >= 11 is 0. The van der Waals surface area contributed by atoms with E-state index in [0.29, 0.717) is 17.9 Å². The van der Waals surface area contributed by atoms with Crippen LogP contribution in [0.2, 0.25) is 0 Å². The molecule has 2 heterocycles. The van der Waals surface area contributed by atoms with Gasteiger partial charge in [0.05, 0.1) is 6.33 Å². The Morgan fingerprint density at radius 2 is 1.86 bits per heavy atom. The fourth-order valence-corrected chi connectivity index (χ4v) is 2.88. The van der Waals surface area contributed by atoms with Crippen LogP contribution in [0.5, 0.6) is 5.75 Å². The van der Waals surface area contributed by atoms with Crippen LogP contribution < -0.4 is 15.7 Å². The number of carbonyl (C=O) groups excluding carboxylic acids is 1. The van der Waals surface area contributed by atoms with Gasteiger partial charge in [-0.05, 0) is 29.3 Å². The van der Waals surface area contributed by atoms with E-state index in [1.54, 1.807) is 36.8 Å². The van der Waals surface area contributed by atoms with E-state index in [9.17, 15) is 9.59 Å². The fraction of sp³-hybridized carbons (Fsp3) is 0.136. The van der Waals surface area contributed by atoms with Crippen LogP contribution in [0.15, 0.2) is 82.5 Å². The SMILES string of the molecule is O=C(COc1ccc2ccc(=O)oc2c1)NCc1ccc(Cn2ccnc2)cc1. The summed E-state index contributed by atoms with van der Waals surface area (Å²) in [5, 5.41) is 3.62. The summed E-state index contributed by atoms with van der Waals surface area (Å²) < 4.78 is 12.6. The molecule has 0 unspecified atom stereocenters. The monoisotopic (exact) mass is 389 g/mol. The Morgan fingerprint density at radius 3 is 2.66 bits per heavy atom. The zero-order chi connectivity index (χ0) is 20.1. The number of benzene rings is 2. The quantitative estimate of drug-likeness (QED) is 0.491. The zero-order valence-corrected chi connectivity index (χ0v) is 15.6. The Bertz CT molecular complexity index is 1160. The maximum atomic E-state index is 12.1. The van der Waals surface area contributed by atoms with E-state index in [1.165, 1.54) is 6.07 Å². The van der Waals surface area contributed by atoms with E-state index in [-0.39, 0.29) is 12.5 Å². The van der Waals surface area contributed by atoms with Gasteiger partial charge in [0.2, 0.25) is 0 Å². The number of nitrogens with one attached hydrogen (secondary N) is 1. The standard InChI is InChI=1S/C22H19N3O4/c26-21(14-28-19-7-5-18-6-8-22(27)29-20(18)11-19)24-12-16-1-3-17(4-2-16)13-25-10-9-23-15-25/h1-11,15H,12-14H2,(H,24,26). The number of aromatic nitrogens is 2. The lowest BCUT2D eigenvalue weighted by molar-refractivity contribution is -0.123. The van der Waals surface area contributed by atoms with Crippen molar-refractivity contribution in [1.82, 2.24) is 14.9 Å². The molecule has 0 saturated carbocycles. The lowest BCUT2D eigenvalue weighted by Gasteiger charge is -2.09. The summed E-state index contributed by atoms with van der Waals surface area (Å²) in [5.41, 5.74) is 2.15. The second kappa shape index (κ2) is 8.43. The molecular formula is C22H19N3O4. The van der Waals surface area contributed by atoms with Gasteiger partial charge in [-0.25, -0.2) is 9.78 Å². The number of amides is 1. The third-order valence-corrected chi connectivity index (χ3v) is 4.40. The molecular weight excluding hydrogens is 370 g/mol. The largest absolute Gasteiger partial charge is 0.484 e. The first-order chi connectivity index (χ1) is 14.2. The third kappa shape index (κ3) is 4.90. The smallest absolute Gasteiger partial charge is 0.336 e. The van der Waals surface area contributed by atoms with E-state index in [0.717, 1.165) is 23.1 Å². The maximum Gasteiger partial charge on any atom is 0.336 e. The van der Waals surface area contributed by atoms with Crippen LogP contribution in [-0.2, 0) is 17.9 Å². The van der Waals surface area contributed by atoms with Gasteiger partial charge < -0.3 is 19.0 Å². The minimum Gasteiger partial charge on any atom is -0.484 e. The van der Waals surface area contributed by atoms with Crippen LogP contribution in [0.1, 0.15) is 11.1 Å². The van der Waals surface area contributed by atoms with Gasteiger partial charge in [-0.2, -0.15) is 0 Å². The lowest BCUT2D eigenvalue weighted by Crippen LogP contribution is -2.28. The van der Waals surface area contributed by atoms with E-state index in [4.69, 9.17) is 9.15 Å². The van der Waals surface area contributed by atoms with Gasteiger partial charge in [0, 0.05) is 43.0 Å². The molecule has 0 radical (unpaired) electrons. The summed E-state index contributed by atoms with van der Waals surface area (Å²) in [7, 11) is 0. The predicted octanol–water partition coefficient (Wildman–Crippen LogP) is 2.73. The van der Waals surface area contributed by atoms with Crippen molar-refractivity contribution in [2.24, 2.45) is 0 Å². The van der Waals surface area contributed by atoms with E-state index >= 15 is 0 Å². The summed E-state index contributed by atoms with van der Waals surface area (Å²) in [6.45, 7) is 1.05. The van der Waals surface area contributed by atoms with Crippen molar-refractivity contribution in [2.45, 2.75) is 13.1 Å². The second-order valence-corrected chi connectivity index (χ2v) is 6.57. The number of ether oxygens (including phenoxy) is 1. The van der Waals surface area contributed by atoms with E-state index < -0.39 is 5.63 Å². The number of nitrogens with zero attached hydrogens (tertiary/aromatic N) is 2. The van der Waals surface area contributed by atoms with Crippen LogP contribution in [0.25, 0.3) is 11.0 Å². The van der Waals surface area contributed by atoms with Crippen molar-refractivity contribution in [3.63, 3.8) is 0 Å². The van der Waals surface area contributed by atoms with Crippen molar-refractivity contribution < 1.29 is 13.9 Å². The Kier molecular flexibility index (Phi) is 5.38. The Labute approximate surface area is 166 Å². The van der Waals surface area contributed by atoms with E-state index in [2.05, 4.69) is 10.3 Å². The molecule has 0 fully saturated rings. The lowest BCUT2D eigenvalue weighted by atomic mass is 10.1. The number of carbonyl (C=O) groups is 1. The molecule has 0 atom stereocenters. The molecule has 0 spiro atoms. The molecule has 0 aliphatic heterocycles. The number of fused-ring (bicyclic) bond motifs is 1. The Morgan fingerprint density at radius 1 is 1.07 bits per heavy atom. The Hall–Kier alpha value is -3.87. The van der Waals surface area contributed by atoms with Crippen molar-refractivity contribution in [1.29, 1.82) is 0 Å². The molecule has 0 aliphatic rings. The van der Waals surface area contributed by atoms with Crippen LogP contribution in [0.3, 0.4) is 0 Å². The highest BCUT2D eigenvalue weighted by atomic mass is 16.5. The maximum absolute atomic E-state index is 12.1. The zero-order valence-electron chi connectivity index (χ0n) is 15.6. The van der Waals surface area contributed by atoms with Crippen LogP contribution >= 0.6 is 0 Å². The number of hydrogen-bond acceptors (Lipinski definition) is 5. The number of rotatable bonds is 7. The normalized spacial score (nSPS) is 10.8. The van der Waals surface area contributed by atoms with Crippen molar-refractivity contribution >= 4 is 16.9 Å². The average molecular weight is 389 g/mol. The topological polar surface area (TPSA) is 86.4 Å². The van der Waals surface area contributed by atoms with Crippen LogP contribution in [0, 0.1) is 0 Å². The number of hydrogen-bond donors (Lipinski definition) is 1. The molecule has 1 N–H and O–H groups in total. The molecule has 2 aromatic heterocycles. The first kappa shape index (κ1) is 18.5. The van der Waals surface area contributed by atoms with Gasteiger partial charge in [0.15, 0.2) is 6.61 Å². The van der Waals surface area contributed by atoms with Crippen LogP contribution in [-0.4, -0.2) is 22.1 Å². The number of imidazole rings is 1. The molecule has 7 nitrogen and oxygen atoms in total. The molecule has 0 saturated heterocycles. The average Bonchev–Trinajstić information content (AvgIpc) is 3.24. The molecule has 0 aliphatic carbocycles. The van der Waals surface area contributed by atoms with Crippen molar-refractivity contribution in [3.8, 4) is 5.75 Å². The summed E-state index contributed by atoms with van der Waals surface area (Å²) in [4.78, 5) is 27.4. The van der Waals surface area contributed by atoms with Gasteiger partial charge in [-0.15, -0.1) is 0 Å². The highest BCUT2D eigenvalue weighted by Crippen LogP contribution is 2.19. The van der Waals surface area contributed by atoms with Crippen molar-refractivity contribution in [3.05, 3.63) is 94.9 Å². The highest BCUT2D eigenvalue weighted by Gasteiger charge is 2.05. The van der Waals surface area contributed by atoms with Gasteiger partial charge in [-0.3, -0.25) is 4.79 Å². The van der Waals surface area contributed by atoms with Gasteiger partial charge >= 0.3 is 5.63 Å². The first-order valence-electron chi connectivity index (χ1n) is 9.13. The predicted molar refractivity (Wildman–Crippen MR) is 108 cm³/mol. The summed E-state index contributed by atoms with van der Waals surface area (Å²) in [6.07, 6.45) is 5.44. The van der Waals surface area contributed by atoms with Gasteiger partial charge in [-0.1, -0.05) is 24.3 Å². The Balaban J connectivity index is 1.27. The van der Waals surface area contributed by atoms with Crippen LogP contribution in [0.4, 0.5) is 0 Å². The highest BCUT2D eigenvalue weighted by molar-refractivity contribution is 5.79. The molecule has 29 heavy (non-hydrogen) atoms. The minimum absolute atomic E-state index is 0.124. The van der Waals surface area contributed by atoms with Gasteiger partial charge in [0.1, 0.15) is 11.3 Å². The molecule has 4 rings (SSSR count). The van der Waals surface area contributed by atoms with Crippen molar-refractivity contribution in [2.75, 3.05) is 6.61 Å². The summed E-state index contributed by atoms with van der Waals surface area (Å²) in [5.74, 6) is 0.230. The molecule has 146 valence electrons. The van der Waals surface area contributed by atoms with E-state index in [1.807, 2.05) is 35.0 Å². The van der Waals surface area contributed by atoms with Gasteiger partial charge in [0.25, 0.3) is 5.91 Å². The molecule has 7 heteroatoms. The first-order valence-corrected chi connectivity index (χ1v) is 9.13. The minimum atomic E-state index is -0.427. The third-order valence-electron chi connectivity index (χ3n) is 4.40. The summed E-state index contributed by atoms with van der Waals surface area (Å²) in [6, 6.07) is 16.2. The molecule has 2 aromatic carbocycles. The second-order valence-electron chi connectivity index (χ2n) is 6.57.